The molecular formula is C52H47Cl5N12O9S3. The van der Waals surface area contributed by atoms with Gasteiger partial charge in [-0.15, -0.1) is 21.6 Å². The van der Waals surface area contributed by atoms with Crippen LogP contribution in [0.2, 0.25) is 0 Å². The van der Waals surface area contributed by atoms with E-state index in [1.807, 2.05) is 0 Å². The maximum Gasteiger partial charge on any atom is 0.344 e. The minimum Gasteiger partial charge on any atom is -1.00 e. The highest BCUT2D eigenvalue weighted by Crippen LogP contribution is 2.46. The molecule has 2 aliphatic rings. The van der Waals surface area contributed by atoms with Gasteiger partial charge in [-0.05, 0) is 113 Å². The fraction of sp³-hybridized carbons (Fsp3) is 0.192. The summed E-state index contributed by atoms with van der Waals surface area (Å²) in [5.41, 5.74) is 5.80. The molecule has 0 bridgehead atoms. The van der Waals surface area contributed by atoms with Gasteiger partial charge >= 0.3 is 5.97 Å². The van der Waals surface area contributed by atoms with Crippen molar-refractivity contribution in [2.45, 2.75) is 47.2 Å². The molecule has 29 heteroatoms. The summed E-state index contributed by atoms with van der Waals surface area (Å²) in [7, 11) is 0.0785. The Morgan fingerprint density at radius 2 is 1.25 bits per heavy atom. The first-order valence-electron chi connectivity index (χ1n) is 23.5. The number of esters is 1. The molecular weight excluding hydrogens is 1210 g/mol. The molecule has 0 saturated heterocycles. The lowest BCUT2D eigenvalue weighted by molar-refractivity contribution is -0.132. The van der Waals surface area contributed by atoms with Crippen molar-refractivity contribution in [1.82, 2.24) is 19.9 Å². The van der Waals surface area contributed by atoms with Gasteiger partial charge in [0.1, 0.15) is 19.8 Å². The normalized spacial score (nSPS) is 11.8. The summed E-state index contributed by atoms with van der Waals surface area (Å²) in [6.45, 7) is 6.64. The summed E-state index contributed by atoms with van der Waals surface area (Å²) in [6, 6.07) is 29.3. The summed E-state index contributed by atoms with van der Waals surface area (Å²) in [5, 5.41) is 28.8. The van der Waals surface area contributed by atoms with E-state index >= 15 is 0 Å². The predicted octanol–water partition coefficient (Wildman–Crippen LogP) is 9.44. The van der Waals surface area contributed by atoms with E-state index < -0.39 is 41.6 Å². The Labute approximate surface area is 494 Å². The molecule has 9 rings (SSSR count). The number of alkyl halides is 4. The molecule has 7 aromatic rings. The number of carbonyl (C=O) groups excluding carboxylic acids is 2. The van der Waals surface area contributed by atoms with Gasteiger partial charge in [-0.2, -0.15) is 10.2 Å². The Morgan fingerprint density at radius 3 is 1.74 bits per heavy atom. The van der Waals surface area contributed by atoms with Gasteiger partial charge < -0.3 is 36.4 Å². The molecule has 21 nitrogen and oxygen atoms in total. The molecule has 0 fully saturated rings. The highest BCUT2D eigenvalue weighted by Gasteiger charge is 2.25. The number of nitrogens with one attached hydrogen (secondary N) is 3. The summed E-state index contributed by atoms with van der Waals surface area (Å²) in [6.07, 6.45) is 0. The summed E-state index contributed by atoms with van der Waals surface area (Å²) in [4.78, 5) is 30.2. The zero-order valence-electron chi connectivity index (χ0n) is 43.9. The number of fused-ring (bicyclic) bond motifs is 3. The van der Waals surface area contributed by atoms with E-state index in [1.54, 1.807) is 39.0 Å². The summed E-state index contributed by atoms with van der Waals surface area (Å²) < 4.78 is 76.0. The van der Waals surface area contributed by atoms with Gasteiger partial charge in [0.2, 0.25) is 22.0 Å². The third-order valence-corrected chi connectivity index (χ3v) is 16.4. The number of rotatable bonds is 15. The van der Waals surface area contributed by atoms with Crippen LogP contribution in [0.4, 0.5) is 45.9 Å². The number of aromatic nitrogens is 3. The van der Waals surface area contributed by atoms with Crippen LogP contribution in [0.3, 0.4) is 0 Å². The van der Waals surface area contributed by atoms with Crippen LogP contribution in [0.15, 0.2) is 148 Å². The summed E-state index contributed by atoms with van der Waals surface area (Å²) >= 11 is 25.2. The Bertz CT molecular complexity index is 4170. The standard InChI is InChI=1S/C36H29Cl4N9O9S2.C16H18N3S.ClH/c1-17-19(3)46-57-34(17)48-59(52,53)23-12-8-21(9-13-23)42-44-27-16-28(30(56-36(51)32(39)40)25-6-5-7-26(29(25)27)41-33(50)31(37)38)45-43-22-10-14-24(15-11-22)60(54,55)49-35-18(2)20(4)47-58-35;1-18(2)11-5-7-13-15(9-11)20-16-10-12(19(3)4)6-8-14(16)17-13;/h5-16,31-32,48-49H,1-4H3,(H,41,50);5-10H,1-4H3;1H/q;+1;/p-1. The zero-order chi connectivity index (χ0) is 57.8. The van der Waals surface area contributed by atoms with Crippen molar-refractivity contribution < 1.29 is 52.6 Å². The molecule has 1 aliphatic heterocycles. The fourth-order valence-corrected chi connectivity index (χ4v) is 10.6. The number of aryl methyl sites for hydroxylation is 2. The van der Waals surface area contributed by atoms with Crippen molar-refractivity contribution in [2.24, 2.45) is 20.5 Å². The number of amides is 1. The largest absolute Gasteiger partial charge is 1.00 e. The molecule has 0 atom stereocenters. The molecule has 422 valence electrons. The SMILES string of the molecule is CN(C)c1ccc2nc3ccc(=[N+](C)C)cc-3sc2c1.Cc1noc(NS(=O)(=O)c2ccc(N=Nc3cc(N=Nc4ccc(S(=O)(=O)Nc5onc(C)c5C)cc4)c4c(NC(=O)C(Cl)Cl)cccc4c3OC(=O)C(Cl)Cl)cc2)c1C.[Cl-]. The van der Waals surface area contributed by atoms with Gasteiger partial charge in [-0.25, -0.2) is 40.6 Å². The van der Waals surface area contributed by atoms with Crippen LogP contribution in [0, 0.1) is 27.7 Å². The van der Waals surface area contributed by atoms with Crippen molar-refractivity contribution in [2.75, 3.05) is 47.9 Å². The first-order valence-corrected chi connectivity index (χ1v) is 29.1. The van der Waals surface area contributed by atoms with E-state index in [4.69, 9.17) is 65.2 Å². The van der Waals surface area contributed by atoms with E-state index in [2.05, 4.69) is 120 Å². The molecule has 0 radical (unpaired) electrons. The van der Waals surface area contributed by atoms with E-state index in [1.165, 1.54) is 93.4 Å². The van der Waals surface area contributed by atoms with E-state index in [0.29, 0.717) is 22.5 Å². The summed E-state index contributed by atoms with van der Waals surface area (Å²) in [5.74, 6) is -2.15. The third-order valence-electron chi connectivity index (χ3n) is 11.9. The molecule has 81 heavy (non-hydrogen) atoms. The average molecular weight is 1260 g/mol. The van der Waals surface area contributed by atoms with Gasteiger partial charge in [0.15, 0.2) is 10.6 Å². The fourth-order valence-electron chi connectivity index (χ4n) is 7.27. The Morgan fingerprint density at radius 1 is 0.691 bits per heavy atom. The van der Waals surface area contributed by atoms with Crippen molar-refractivity contribution in [3.63, 3.8) is 0 Å². The van der Waals surface area contributed by atoms with Crippen LogP contribution in [-0.2, 0) is 29.6 Å². The van der Waals surface area contributed by atoms with Gasteiger partial charge in [-0.3, -0.25) is 4.79 Å². The molecule has 3 heterocycles. The minimum atomic E-state index is -4.08. The molecule has 1 amide bonds. The number of azo groups is 2. The Kier molecular flexibility index (Phi) is 19.4. The van der Waals surface area contributed by atoms with Crippen LogP contribution < -0.4 is 46.7 Å². The van der Waals surface area contributed by atoms with Crippen molar-refractivity contribution >= 4 is 157 Å². The van der Waals surface area contributed by atoms with E-state index in [0.717, 1.165) is 11.2 Å². The number of ether oxygens (including phenoxy) is 1. The van der Waals surface area contributed by atoms with Crippen molar-refractivity contribution in [1.29, 1.82) is 0 Å². The number of nitrogens with zero attached hydrogens (tertiary/aromatic N) is 9. The number of carbonyl (C=O) groups is 2. The van der Waals surface area contributed by atoms with E-state index in [9.17, 15) is 26.4 Å². The van der Waals surface area contributed by atoms with Gasteiger partial charge in [0, 0.05) is 53.8 Å². The second kappa shape index (κ2) is 25.7. The molecule has 5 aromatic carbocycles. The molecule has 0 spiro atoms. The molecule has 2 aromatic heterocycles. The number of anilines is 4. The highest BCUT2D eigenvalue weighted by molar-refractivity contribution is 7.93. The lowest BCUT2D eigenvalue weighted by Crippen LogP contribution is -3.00. The average Bonchev–Trinajstić information content (AvgIpc) is 4.04. The van der Waals surface area contributed by atoms with Gasteiger partial charge in [0.25, 0.3) is 26.0 Å². The number of sulfonamides is 2. The molecule has 1 aliphatic carbocycles. The Hall–Kier alpha value is -7.29. The minimum absolute atomic E-state index is 0. The highest BCUT2D eigenvalue weighted by atomic mass is 35.5. The topological polar surface area (TPSA) is 268 Å². The van der Waals surface area contributed by atoms with E-state index in [-0.39, 0.29) is 78.9 Å². The molecule has 0 unspecified atom stereocenters. The van der Waals surface area contributed by atoms with Crippen LogP contribution >= 0.6 is 57.7 Å². The van der Waals surface area contributed by atoms with Crippen LogP contribution in [-0.4, -0.2) is 81.9 Å². The Balaban J connectivity index is 0.000000376. The number of hydrogen-bond acceptors (Lipinski definition) is 18. The maximum atomic E-state index is 13.1. The first-order chi connectivity index (χ1) is 37.9. The van der Waals surface area contributed by atoms with Crippen molar-refractivity contribution in [3.8, 4) is 16.3 Å². The third kappa shape index (κ3) is 14.4. The lowest BCUT2D eigenvalue weighted by atomic mass is 10.0. The molecule has 3 N–H and O–H groups in total. The van der Waals surface area contributed by atoms with Crippen molar-refractivity contribution in [3.05, 3.63) is 137 Å². The predicted molar refractivity (Wildman–Crippen MR) is 312 cm³/mol. The van der Waals surface area contributed by atoms with Crippen LogP contribution in [0.25, 0.3) is 31.6 Å². The second-order valence-corrected chi connectivity index (χ2v) is 24.5. The molecule has 0 saturated carbocycles. The lowest BCUT2D eigenvalue weighted by Gasteiger charge is -2.16. The number of hydrogen-bond donors (Lipinski definition) is 3. The van der Waals surface area contributed by atoms with Gasteiger partial charge in [0.05, 0.1) is 64.7 Å². The van der Waals surface area contributed by atoms with Gasteiger partial charge in [-0.1, -0.05) is 68.8 Å². The second-order valence-electron chi connectivity index (χ2n) is 17.8. The maximum absolute atomic E-state index is 13.1. The van der Waals surface area contributed by atoms with Crippen LogP contribution in [0.5, 0.6) is 5.75 Å². The number of halogens is 5. The van der Waals surface area contributed by atoms with Crippen LogP contribution in [0.1, 0.15) is 22.5 Å². The zero-order valence-corrected chi connectivity index (χ0v) is 50.1. The quantitative estimate of drug-likeness (QED) is 0.0216. The first kappa shape index (κ1) is 61.3. The smallest absolute Gasteiger partial charge is 0.344 e. The number of benzene rings is 6. The monoisotopic (exact) mass is 1250 g/mol.